The second kappa shape index (κ2) is 7.73. The molecule has 1 aliphatic heterocycles. The molecular formula is C18H20FN3O5. The molecule has 2 N–H and O–H groups in total. The van der Waals surface area contributed by atoms with Crippen molar-refractivity contribution in [2.45, 2.75) is 37.8 Å². The molecule has 0 aromatic heterocycles. The van der Waals surface area contributed by atoms with Crippen LogP contribution < -0.4 is 10.6 Å². The molecule has 9 heteroatoms. The number of carbonyl (C=O) groups is 4. The minimum atomic E-state index is -0.885. The molecule has 144 valence electrons. The van der Waals surface area contributed by atoms with Crippen molar-refractivity contribution >= 4 is 23.8 Å². The lowest BCUT2D eigenvalue weighted by Crippen LogP contribution is -2.44. The summed E-state index contributed by atoms with van der Waals surface area (Å²) >= 11 is 0. The highest BCUT2D eigenvalue weighted by atomic mass is 19.1. The molecule has 1 saturated carbocycles. The molecule has 27 heavy (non-hydrogen) atoms. The molecule has 2 fully saturated rings. The predicted molar refractivity (Wildman–Crippen MR) is 90.6 cm³/mol. The number of hydrogen-bond acceptors (Lipinski definition) is 5. The van der Waals surface area contributed by atoms with Crippen LogP contribution in [0.4, 0.5) is 9.18 Å². The number of ether oxygens (including phenoxy) is 1. The number of amides is 4. The lowest BCUT2D eigenvalue weighted by Gasteiger charge is -2.19. The van der Waals surface area contributed by atoms with Crippen LogP contribution in [0.5, 0.6) is 0 Å². The zero-order valence-corrected chi connectivity index (χ0v) is 14.6. The first-order chi connectivity index (χ1) is 12.9. The van der Waals surface area contributed by atoms with Crippen LogP contribution in [-0.2, 0) is 25.7 Å². The van der Waals surface area contributed by atoms with Crippen LogP contribution in [0.25, 0.3) is 0 Å². The molecule has 1 aromatic carbocycles. The number of nitrogens with zero attached hydrogens (tertiary/aromatic N) is 1. The van der Waals surface area contributed by atoms with Crippen LogP contribution in [0.1, 0.15) is 31.2 Å². The quantitative estimate of drug-likeness (QED) is 0.565. The van der Waals surface area contributed by atoms with Crippen molar-refractivity contribution in [2.24, 2.45) is 0 Å². The van der Waals surface area contributed by atoms with E-state index in [1.54, 1.807) is 0 Å². The van der Waals surface area contributed by atoms with E-state index in [0.29, 0.717) is 18.4 Å². The van der Waals surface area contributed by atoms with Gasteiger partial charge in [0.25, 0.3) is 11.8 Å². The van der Waals surface area contributed by atoms with Gasteiger partial charge in [-0.1, -0.05) is 25.0 Å². The number of benzene rings is 1. The van der Waals surface area contributed by atoms with E-state index in [4.69, 9.17) is 4.74 Å². The van der Waals surface area contributed by atoms with Gasteiger partial charge in [-0.25, -0.2) is 9.18 Å². The van der Waals surface area contributed by atoms with Crippen molar-refractivity contribution in [1.82, 2.24) is 15.5 Å². The topological polar surface area (TPSA) is 105 Å². The number of hydrogen-bond donors (Lipinski definition) is 2. The van der Waals surface area contributed by atoms with Crippen LogP contribution in [0.2, 0.25) is 0 Å². The average molecular weight is 377 g/mol. The van der Waals surface area contributed by atoms with E-state index in [-0.39, 0.29) is 12.4 Å². The number of carbonyl (C=O) groups excluding carboxylic acids is 4. The summed E-state index contributed by atoms with van der Waals surface area (Å²) < 4.78 is 17.6. The third-order valence-electron chi connectivity index (χ3n) is 4.76. The summed E-state index contributed by atoms with van der Waals surface area (Å²) in [5.74, 6) is -2.18. The van der Waals surface area contributed by atoms with E-state index in [1.165, 1.54) is 24.3 Å². The minimum absolute atomic E-state index is 0.159. The highest BCUT2D eigenvalue weighted by molar-refractivity contribution is 6.08. The molecule has 2 aliphatic rings. The molecule has 1 aliphatic carbocycles. The van der Waals surface area contributed by atoms with Crippen LogP contribution >= 0.6 is 0 Å². The van der Waals surface area contributed by atoms with Gasteiger partial charge >= 0.3 is 12.0 Å². The van der Waals surface area contributed by atoms with Crippen molar-refractivity contribution in [1.29, 1.82) is 0 Å². The number of halogens is 1. The zero-order valence-electron chi connectivity index (χ0n) is 14.6. The maximum Gasteiger partial charge on any atom is 0.326 e. The van der Waals surface area contributed by atoms with Crippen LogP contribution in [-0.4, -0.2) is 47.4 Å². The summed E-state index contributed by atoms with van der Waals surface area (Å²) in [7, 11) is 0. The molecule has 0 atom stereocenters. The van der Waals surface area contributed by atoms with Crippen molar-refractivity contribution < 1.29 is 28.3 Å². The van der Waals surface area contributed by atoms with Gasteiger partial charge in [0.1, 0.15) is 17.9 Å². The molecule has 0 unspecified atom stereocenters. The monoisotopic (exact) mass is 377 g/mol. The lowest BCUT2D eigenvalue weighted by molar-refractivity contribution is -0.151. The second-order valence-electron chi connectivity index (χ2n) is 6.67. The predicted octanol–water partition coefficient (Wildman–Crippen LogP) is 0.850. The van der Waals surface area contributed by atoms with Crippen molar-refractivity contribution in [3.8, 4) is 0 Å². The fourth-order valence-corrected chi connectivity index (χ4v) is 3.31. The summed E-state index contributed by atoms with van der Waals surface area (Å²) in [5, 5.41) is 5.19. The molecular weight excluding hydrogens is 357 g/mol. The summed E-state index contributed by atoms with van der Waals surface area (Å²) in [6.45, 7) is -0.904. The first-order valence-corrected chi connectivity index (χ1v) is 8.70. The number of rotatable bonds is 6. The smallest absolute Gasteiger partial charge is 0.326 e. The van der Waals surface area contributed by atoms with Gasteiger partial charge < -0.3 is 15.4 Å². The van der Waals surface area contributed by atoms with Gasteiger partial charge in [-0.05, 0) is 30.5 Å². The summed E-state index contributed by atoms with van der Waals surface area (Å²) in [4.78, 5) is 48.9. The standard InChI is InChI=1S/C18H20FN3O5/c19-13-5-3-12(4-6-13)9-20-14(23)11-27-15(24)10-22-16(25)18(21-17(22)26)7-1-2-8-18/h3-6H,1-2,7-11H2,(H,20,23)(H,21,26). The van der Waals surface area contributed by atoms with Gasteiger partial charge in [0.2, 0.25) is 0 Å². The summed E-state index contributed by atoms with van der Waals surface area (Å²) in [6, 6.07) is 4.99. The van der Waals surface area contributed by atoms with Gasteiger partial charge in [-0.15, -0.1) is 0 Å². The molecule has 4 amide bonds. The number of esters is 1. The first-order valence-electron chi connectivity index (χ1n) is 8.70. The Hall–Kier alpha value is -2.97. The Kier molecular flexibility index (Phi) is 5.38. The summed E-state index contributed by atoms with van der Waals surface area (Å²) in [6.07, 6.45) is 2.82. The Morgan fingerprint density at radius 2 is 1.85 bits per heavy atom. The van der Waals surface area contributed by atoms with Gasteiger partial charge in [0.05, 0.1) is 0 Å². The van der Waals surface area contributed by atoms with E-state index < -0.39 is 42.5 Å². The molecule has 3 rings (SSSR count). The molecule has 1 saturated heterocycles. The first kappa shape index (κ1) is 18.8. The Balaban J connectivity index is 1.42. The van der Waals surface area contributed by atoms with Crippen molar-refractivity contribution in [3.63, 3.8) is 0 Å². The maximum atomic E-state index is 12.8. The molecule has 1 aromatic rings. The SMILES string of the molecule is O=C(COC(=O)CN1C(=O)NC2(CCCC2)C1=O)NCc1ccc(F)cc1. The molecule has 0 radical (unpaired) electrons. The third kappa shape index (κ3) is 4.24. The Bertz CT molecular complexity index is 759. The van der Waals surface area contributed by atoms with Crippen molar-refractivity contribution in [3.05, 3.63) is 35.6 Å². The number of nitrogens with one attached hydrogen (secondary N) is 2. The number of urea groups is 1. The Morgan fingerprint density at radius 3 is 2.52 bits per heavy atom. The van der Waals surface area contributed by atoms with E-state index >= 15 is 0 Å². The Labute approximate surface area is 155 Å². The molecule has 1 spiro atoms. The van der Waals surface area contributed by atoms with Gasteiger partial charge in [0.15, 0.2) is 6.61 Å². The maximum absolute atomic E-state index is 12.8. The molecule has 1 heterocycles. The van der Waals surface area contributed by atoms with Gasteiger partial charge in [0, 0.05) is 6.54 Å². The fourth-order valence-electron chi connectivity index (χ4n) is 3.31. The molecule has 0 bridgehead atoms. The lowest BCUT2D eigenvalue weighted by atomic mass is 9.98. The largest absolute Gasteiger partial charge is 0.454 e. The fraction of sp³-hybridized carbons (Fsp3) is 0.444. The summed E-state index contributed by atoms with van der Waals surface area (Å²) in [5.41, 5.74) is -0.193. The van der Waals surface area contributed by atoms with E-state index in [2.05, 4.69) is 10.6 Å². The average Bonchev–Trinajstić information content (AvgIpc) is 3.20. The highest BCUT2D eigenvalue weighted by Gasteiger charge is 2.52. The highest BCUT2D eigenvalue weighted by Crippen LogP contribution is 2.34. The van der Waals surface area contributed by atoms with Crippen molar-refractivity contribution in [2.75, 3.05) is 13.2 Å². The van der Waals surface area contributed by atoms with Gasteiger partial charge in [-0.2, -0.15) is 0 Å². The number of imide groups is 1. The minimum Gasteiger partial charge on any atom is -0.454 e. The van der Waals surface area contributed by atoms with Crippen LogP contribution in [0.15, 0.2) is 24.3 Å². The normalized spacial score (nSPS) is 17.9. The zero-order chi connectivity index (χ0) is 19.4. The third-order valence-corrected chi connectivity index (χ3v) is 4.76. The van der Waals surface area contributed by atoms with Crippen LogP contribution in [0.3, 0.4) is 0 Å². The van der Waals surface area contributed by atoms with E-state index in [1.807, 2.05) is 0 Å². The van der Waals surface area contributed by atoms with E-state index in [9.17, 15) is 23.6 Å². The van der Waals surface area contributed by atoms with Crippen LogP contribution in [0, 0.1) is 5.82 Å². The Morgan fingerprint density at radius 1 is 1.19 bits per heavy atom. The van der Waals surface area contributed by atoms with Gasteiger partial charge in [-0.3, -0.25) is 19.3 Å². The van der Waals surface area contributed by atoms with E-state index in [0.717, 1.165) is 17.7 Å². The molecule has 8 nitrogen and oxygen atoms in total. The second-order valence-corrected chi connectivity index (χ2v) is 6.67.